The average Bonchev–Trinajstić information content (AvgIpc) is 2.84. The van der Waals surface area contributed by atoms with Gasteiger partial charge in [-0.05, 0) is 24.5 Å². The Bertz CT molecular complexity index is 531. The van der Waals surface area contributed by atoms with Crippen molar-refractivity contribution in [1.82, 2.24) is 4.72 Å². The van der Waals surface area contributed by atoms with Crippen molar-refractivity contribution in [2.75, 3.05) is 6.54 Å². The number of hydrogen-bond acceptors (Lipinski definition) is 3. The van der Waals surface area contributed by atoms with Crippen LogP contribution in [0.3, 0.4) is 0 Å². The molecule has 1 aromatic rings. The van der Waals surface area contributed by atoms with Crippen molar-refractivity contribution < 1.29 is 13.5 Å². The monoisotopic (exact) mass is 281 g/mol. The van der Waals surface area contributed by atoms with Gasteiger partial charge in [0.2, 0.25) is 10.0 Å². The highest BCUT2D eigenvalue weighted by atomic mass is 32.2. The minimum absolute atomic E-state index is 0.0917. The summed E-state index contributed by atoms with van der Waals surface area (Å²) >= 11 is 0. The van der Waals surface area contributed by atoms with Gasteiger partial charge in [-0.15, -0.1) is 0 Å². The summed E-state index contributed by atoms with van der Waals surface area (Å²) in [5, 5.41) is 11.2. The Balaban J connectivity index is 1.93. The molecular formula is C14H19NO3S. The van der Waals surface area contributed by atoms with Crippen LogP contribution in [-0.2, 0) is 10.0 Å². The Morgan fingerprint density at radius 1 is 1.21 bits per heavy atom. The lowest BCUT2D eigenvalue weighted by atomic mass is 10.0. The third-order valence-corrected chi connectivity index (χ3v) is 4.42. The maximum Gasteiger partial charge on any atom is 0.233 e. The summed E-state index contributed by atoms with van der Waals surface area (Å²) in [6, 6.07) is 9.23. The Kier molecular flexibility index (Phi) is 4.39. The first-order chi connectivity index (χ1) is 8.99. The largest absolute Gasteiger partial charge is 0.389 e. The van der Waals surface area contributed by atoms with Gasteiger partial charge in [0.1, 0.15) is 0 Å². The molecule has 19 heavy (non-hydrogen) atoms. The molecule has 0 heterocycles. The SMILES string of the molecule is O=S(=O)(C=Cc1ccccc1)NCC1(O)CCCC1. The van der Waals surface area contributed by atoms with Crippen molar-refractivity contribution in [2.24, 2.45) is 0 Å². The van der Waals surface area contributed by atoms with E-state index in [0.29, 0.717) is 12.8 Å². The first kappa shape index (κ1) is 14.2. The molecule has 1 aromatic carbocycles. The Labute approximate surface area is 114 Å². The molecule has 5 heteroatoms. The predicted octanol–water partition coefficient (Wildman–Crippen LogP) is 1.88. The van der Waals surface area contributed by atoms with Gasteiger partial charge < -0.3 is 5.11 Å². The second-order valence-electron chi connectivity index (χ2n) is 5.01. The lowest BCUT2D eigenvalue weighted by Crippen LogP contribution is -2.40. The van der Waals surface area contributed by atoms with Crippen LogP contribution in [0, 0.1) is 0 Å². The summed E-state index contributed by atoms with van der Waals surface area (Å²) in [5.41, 5.74) is -0.0411. The maximum atomic E-state index is 11.8. The van der Waals surface area contributed by atoms with Crippen molar-refractivity contribution in [2.45, 2.75) is 31.3 Å². The zero-order valence-electron chi connectivity index (χ0n) is 10.7. The van der Waals surface area contributed by atoms with Gasteiger partial charge >= 0.3 is 0 Å². The van der Waals surface area contributed by atoms with Crippen molar-refractivity contribution in [3.63, 3.8) is 0 Å². The van der Waals surface area contributed by atoms with E-state index in [9.17, 15) is 13.5 Å². The standard InChI is InChI=1S/C14H19NO3S/c16-14(9-4-5-10-14)12-15-19(17,18)11-8-13-6-2-1-3-7-13/h1-3,6-8,11,15-16H,4-5,9-10,12H2. The van der Waals surface area contributed by atoms with E-state index in [2.05, 4.69) is 4.72 Å². The molecule has 0 atom stereocenters. The van der Waals surface area contributed by atoms with E-state index < -0.39 is 15.6 Å². The molecule has 2 rings (SSSR count). The summed E-state index contributed by atoms with van der Waals surface area (Å²) in [4.78, 5) is 0. The van der Waals surface area contributed by atoms with Crippen molar-refractivity contribution in [3.05, 3.63) is 41.3 Å². The van der Waals surface area contributed by atoms with Gasteiger partial charge in [-0.25, -0.2) is 13.1 Å². The molecule has 1 aliphatic carbocycles. The normalized spacial score (nSPS) is 19.0. The highest BCUT2D eigenvalue weighted by molar-refractivity contribution is 7.92. The molecule has 0 aliphatic heterocycles. The van der Waals surface area contributed by atoms with Crippen LogP contribution in [0.25, 0.3) is 6.08 Å². The number of benzene rings is 1. The van der Waals surface area contributed by atoms with Crippen LogP contribution >= 0.6 is 0 Å². The fourth-order valence-electron chi connectivity index (χ4n) is 2.23. The summed E-state index contributed by atoms with van der Waals surface area (Å²) in [5.74, 6) is 0. The second-order valence-corrected chi connectivity index (χ2v) is 6.66. The Morgan fingerprint density at radius 3 is 2.47 bits per heavy atom. The number of aliphatic hydroxyl groups is 1. The van der Waals surface area contributed by atoms with Gasteiger partial charge in [-0.3, -0.25) is 0 Å². The van der Waals surface area contributed by atoms with Crippen molar-refractivity contribution in [3.8, 4) is 0 Å². The van der Waals surface area contributed by atoms with Crippen LogP contribution < -0.4 is 4.72 Å². The summed E-state index contributed by atoms with van der Waals surface area (Å²) in [6.45, 7) is 0.0917. The predicted molar refractivity (Wildman–Crippen MR) is 75.8 cm³/mol. The highest BCUT2D eigenvalue weighted by Gasteiger charge is 2.31. The van der Waals surface area contributed by atoms with Crippen LogP contribution in [0.1, 0.15) is 31.2 Å². The first-order valence-electron chi connectivity index (χ1n) is 6.44. The molecule has 104 valence electrons. The lowest BCUT2D eigenvalue weighted by Gasteiger charge is -2.21. The quantitative estimate of drug-likeness (QED) is 0.866. The first-order valence-corrected chi connectivity index (χ1v) is 7.99. The molecule has 1 saturated carbocycles. The number of hydrogen-bond donors (Lipinski definition) is 2. The molecule has 0 spiro atoms. The molecule has 2 N–H and O–H groups in total. The zero-order valence-corrected chi connectivity index (χ0v) is 11.6. The van der Waals surface area contributed by atoms with E-state index in [1.54, 1.807) is 6.08 Å². The van der Waals surface area contributed by atoms with E-state index in [0.717, 1.165) is 23.8 Å². The molecule has 1 aliphatic rings. The molecule has 0 unspecified atom stereocenters. The molecule has 0 aromatic heterocycles. The maximum absolute atomic E-state index is 11.8. The van der Waals surface area contributed by atoms with Gasteiger partial charge in [-0.2, -0.15) is 0 Å². The highest BCUT2D eigenvalue weighted by Crippen LogP contribution is 2.28. The Morgan fingerprint density at radius 2 is 1.84 bits per heavy atom. The van der Waals surface area contributed by atoms with Crippen LogP contribution in [0.15, 0.2) is 35.7 Å². The topological polar surface area (TPSA) is 66.4 Å². The van der Waals surface area contributed by atoms with E-state index >= 15 is 0 Å². The smallest absolute Gasteiger partial charge is 0.233 e. The van der Waals surface area contributed by atoms with E-state index in [1.807, 2.05) is 30.3 Å². The molecule has 0 bridgehead atoms. The van der Waals surface area contributed by atoms with Crippen LogP contribution in [0.5, 0.6) is 0 Å². The second kappa shape index (κ2) is 5.86. The molecule has 0 saturated heterocycles. The van der Waals surface area contributed by atoms with Gasteiger partial charge in [0.15, 0.2) is 0 Å². The summed E-state index contributed by atoms with van der Waals surface area (Å²) in [6.07, 6.45) is 4.78. The van der Waals surface area contributed by atoms with Crippen molar-refractivity contribution >= 4 is 16.1 Å². The fourth-order valence-corrected chi connectivity index (χ4v) is 3.13. The van der Waals surface area contributed by atoms with E-state index in [4.69, 9.17) is 0 Å². The minimum Gasteiger partial charge on any atom is -0.389 e. The van der Waals surface area contributed by atoms with Crippen LogP contribution in [0.4, 0.5) is 0 Å². The fraction of sp³-hybridized carbons (Fsp3) is 0.429. The third-order valence-electron chi connectivity index (χ3n) is 3.38. The number of sulfonamides is 1. The Hall–Kier alpha value is -1.17. The van der Waals surface area contributed by atoms with Crippen LogP contribution in [0.2, 0.25) is 0 Å². The summed E-state index contributed by atoms with van der Waals surface area (Å²) in [7, 11) is -3.50. The molecule has 4 nitrogen and oxygen atoms in total. The minimum atomic E-state index is -3.50. The van der Waals surface area contributed by atoms with Gasteiger partial charge in [-0.1, -0.05) is 43.2 Å². The average molecular weight is 281 g/mol. The molecule has 0 radical (unpaired) electrons. The molecule has 1 fully saturated rings. The lowest BCUT2D eigenvalue weighted by molar-refractivity contribution is 0.0532. The number of rotatable bonds is 5. The number of nitrogens with one attached hydrogen (secondary N) is 1. The zero-order chi connectivity index (χ0) is 13.8. The van der Waals surface area contributed by atoms with Gasteiger partial charge in [0.25, 0.3) is 0 Å². The van der Waals surface area contributed by atoms with Gasteiger partial charge in [0.05, 0.1) is 5.60 Å². The molecular weight excluding hydrogens is 262 g/mol. The summed E-state index contributed by atoms with van der Waals surface area (Å²) < 4.78 is 26.0. The van der Waals surface area contributed by atoms with E-state index in [1.165, 1.54) is 0 Å². The van der Waals surface area contributed by atoms with E-state index in [-0.39, 0.29) is 6.54 Å². The molecule has 0 amide bonds. The third kappa shape index (κ3) is 4.45. The van der Waals surface area contributed by atoms with Gasteiger partial charge in [0, 0.05) is 12.0 Å². The van der Waals surface area contributed by atoms with Crippen molar-refractivity contribution in [1.29, 1.82) is 0 Å². The van der Waals surface area contributed by atoms with Crippen LogP contribution in [-0.4, -0.2) is 25.7 Å².